The molecule has 2 unspecified atom stereocenters. The van der Waals surface area contributed by atoms with E-state index in [9.17, 15) is 9.00 Å². The molecule has 1 aliphatic rings. The van der Waals surface area contributed by atoms with Crippen molar-refractivity contribution in [2.75, 3.05) is 26.0 Å². The zero-order valence-corrected chi connectivity index (χ0v) is 11.3. The molecule has 0 radical (unpaired) electrons. The SMILES string of the molecule is CC(CCNC(=O)C1(N)CCOCC1)S(C)=O. The maximum Gasteiger partial charge on any atom is 0.240 e. The molecule has 17 heavy (non-hydrogen) atoms. The highest BCUT2D eigenvalue weighted by molar-refractivity contribution is 7.84. The van der Waals surface area contributed by atoms with Crippen LogP contribution in [0.4, 0.5) is 0 Å². The first-order chi connectivity index (χ1) is 7.96. The maximum absolute atomic E-state index is 11.9. The fraction of sp³-hybridized carbons (Fsp3) is 0.909. The Morgan fingerprint density at radius 2 is 2.12 bits per heavy atom. The largest absolute Gasteiger partial charge is 0.381 e. The predicted molar refractivity (Wildman–Crippen MR) is 68.1 cm³/mol. The summed E-state index contributed by atoms with van der Waals surface area (Å²) in [6, 6.07) is 0. The van der Waals surface area contributed by atoms with Gasteiger partial charge >= 0.3 is 0 Å². The molecule has 0 aromatic carbocycles. The van der Waals surface area contributed by atoms with Crippen LogP contribution >= 0.6 is 0 Å². The molecule has 2 atom stereocenters. The normalized spacial score (nSPS) is 22.8. The van der Waals surface area contributed by atoms with E-state index in [0.29, 0.717) is 39.0 Å². The number of carbonyl (C=O) groups is 1. The van der Waals surface area contributed by atoms with E-state index >= 15 is 0 Å². The third kappa shape index (κ3) is 4.37. The molecule has 0 aromatic rings. The van der Waals surface area contributed by atoms with E-state index in [4.69, 9.17) is 10.5 Å². The minimum Gasteiger partial charge on any atom is -0.381 e. The Labute approximate surface area is 105 Å². The highest BCUT2D eigenvalue weighted by Crippen LogP contribution is 2.17. The van der Waals surface area contributed by atoms with Gasteiger partial charge in [-0.2, -0.15) is 0 Å². The van der Waals surface area contributed by atoms with Gasteiger partial charge in [-0.3, -0.25) is 9.00 Å². The van der Waals surface area contributed by atoms with Crippen LogP contribution in [0.5, 0.6) is 0 Å². The minimum atomic E-state index is -0.843. The molecular formula is C11H22N2O3S. The summed E-state index contributed by atoms with van der Waals surface area (Å²) in [6.45, 7) is 3.52. The van der Waals surface area contributed by atoms with Crippen LogP contribution in [0.2, 0.25) is 0 Å². The molecule has 5 nitrogen and oxygen atoms in total. The van der Waals surface area contributed by atoms with Gasteiger partial charge in [0.1, 0.15) is 0 Å². The number of hydrogen-bond donors (Lipinski definition) is 2. The average molecular weight is 262 g/mol. The van der Waals surface area contributed by atoms with Crippen LogP contribution in [0.3, 0.4) is 0 Å². The van der Waals surface area contributed by atoms with Gasteiger partial charge in [0.2, 0.25) is 5.91 Å². The summed E-state index contributed by atoms with van der Waals surface area (Å²) in [6.07, 6.45) is 3.51. The predicted octanol–water partition coefficient (Wildman–Crippen LogP) is -0.232. The van der Waals surface area contributed by atoms with Crippen molar-refractivity contribution in [1.82, 2.24) is 5.32 Å². The minimum absolute atomic E-state index is 0.0960. The number of hydrogen-bond acceptors (Lipinski definition) is 4. The van der Waals surface area contributed by atoms with Gasteiger partial charge in [-0.15, -0.1) is 0 Å². The molecule has 1 amide bonds. The molecule has 0 aromatic heterocycles. The van der Waals surface area contributed by atoms with Crippen molar-refractivity contribution in [2.24, 2.45) is 5.73 Å². The van der Waals surface area contributed by atoms with Gasteiger partial charge in [-0.05, 0) is 19.3 Å². The van der Waals surface area contributed by atoms with Crippen molar-refractivity contribution in [3.63, 3.8) is 0 Å². The lowest BCUT2D eigenvalue weighted by atomic mass is 9.90. The molecule has 100 valence electrons. The van der Waals surface area contributed by atoms with Crippen molar-refractivity contribution >= 4 is 16.7 Å². The van der Waals surface area contributed by atoms with Crippen LogP contribution < -0.4 is 11.1 Å². The van der Waals surface area contributed by atoms with Crippen molar-refractivity contribution < 1.29 is 13.7 Å². The van der Waals surface area contributed by atoms with Crippen LogP contribution in [0, 0.1) is 0 Å². The Balaban J connectivity index is 2.31. The highest BCUT2D eigenvalue weighted by Gasteiger charge is 2.35. The molecule has 1 heterocycles. The first-order valence-electron chi connectivity index (χ1n) is 5.93. The van der Waals surface area contributed by atoms with E-state index in [0.717, 1.165) is 0 Å². The third-order valence-corrected chi connectivity index (χ3v) is 4.61. The number of amides is 1. The van der Waals surface area contributed by atoms with Gasteiger partial charge in [0.25, 0.3) is 0 Å². The average Bonchev–Trinajstić information content (AvgIpc) is 2.29. The standard InChI is InChI=1S/C11H22N2O3S/c1-9(17(2)15)3-6-13-10(14)11(12)4-7-16-8-5-11/h9H,3-8,12H2,1-2H3,(H,13,14). The van der Waals surface area contributed by atoms with Crippen LogP contribution in [0.1, 0.15) is 26.2 Å². The molecule has 0 spiro atoms. The summed E-state index contributed by atoms with van der Waals surface area (Å²) in [5, 5.41) is 2.92. The van der Waals surface area contributed by atoms with Gasteiger partial charge in [-0.25, -0.2) is 0 Å². The summed E-state index contributed by atoms with van der Waals surface area (Å²) in [5.74, 6) is -0.116. The Bertz CT molecular complexity index is 290. The zero-order chi connectivity index (χ0) is 12.9. The monoisotopic (exact) mass is 262 g/mol. The quantitative estimate of drug-likeness (QED) is 0.717. The Morgan fingerprint density at radius 3 is 2.65 bits per heavy atom. The molecule has 3 N–H and O–H groups in total. The lowest BCUT2D eigenvalue weighted by Crippen LogP contribution is -2.57. The molecule has 1 fully saturated rings. The number of carbonyl (C=O) groups excluding carboxylic acids is 1. The van der Waals surface area contributed by atoms with E-state index in [-0.39, 0.29) is 11.2 Å². The van der Waals surface area contributed by atoms with Crippen molar-refractivity contribution in [2.45, 2.75) is 37.0 Å². The van der Waals surface area contributed by atoms with Crippen molar-refractivity contribution in [3.05, 3.63) is 0 Å². The van der Waals surface area contributed by atoms with Crippen molar-refractivity contribution in [3.8, 4) is 0 Å². The van der Waals surface area contributed by atoms with E-state index in [1.165, 1.54) is 0 Å². The van der Waals surface area contributed by atoms with Gasteiger partial charge in [0, 0.05) is 42.1 Å². The van der Waals surface area contributed by atoms with E-state index < -0.39 is 16.3 Å². The fourth-order valence-electron chi connectivity index (χ4n) is 1.69. The molecule has 6 heteroatoms. The van der Waals surface area contributed by atoms with Crippen LogP contribution in [0.25, 0.3) is 0 Å². The number of nitrogens with one attached hydrogen (secondary N) is 1. The Morgan fingerprint density at radius 1 is 1.53 bits per heavy atom. The molecule has 1 saturated heterocycles. The summed E-state index contributed by atoms with van der Waals surface area (Å²) >= 11 is 0. The second kappa shape index (κ2) is 6.47. The van der Waals surface area contributed by atoms with Crippen LogP contribution in [0.15, 0.2) is 0 Å². The second-order valence-electron chi connectivity index (χ2n) is 4.62. The lowest BCUT2D eigenvalue weighted by Gasteiger charge is -2.31. The van der Waals surface area contributed by atoms with Crippen LogP contribution in [-0.2, 0) is 20.3 Å². The van der Waals surface area contributed by atoms with Gasteiger partial charge < -0.3 is 15.8 Å². The number of nitrogens with two attached hydrogens (primary N) is 1. The Hall–Kier alpha value is -0.460. The van der Waals surface area contributed by atoms with E-state index in [1.807, 2.05) is 6.92 Å². The fourth-order valence-corrected chi connectivity index (χ4v) is 2.14. The van der Waals surface area contributed by atoms with Gasteiger partial charge in [0.05, 0.1) is 5.54 Å². The molecule has 1 rings (SSSR count). The molecule has 0 saturated carbocycles. The summed E-state index contributed by atoms with van der Waals surface area (Å²) in [4.78, 5) is 11.9. The smallest absolute Gasteiger partial charge is 0.240 e. The van der Waals surface area contributed by atoms with E-state index in [1.54, 1.807) is 6.26 Å². The van der Waals surface area contributed by atoms with Gasteiger partial charge in [0.15, 0.2) is 0 Å². The van der Waals surface area contributed by atoms with E-state index in [2.05, 4.69) is 5.32 Å². The third-order valence-electron chi connectivity index (χ3n) is 3.24. The summed E-state index contributed by atoms with van der Waals surface area (Å²) in [7, 11) is -0.843. The molecule has 1 aliphatic heterocycles. The van der Waals surface area contributed by atoms with Crippen molar-refractivity contribution in [1.29, 1.82) is 0 Å². The first-order valence-corrected chi connectivity index (χ1v) is 7.55. The highest BCUT2D eigenvalue weighted by atomic mass is 32.2. The summed E-state index contributed by atoms with van der Waals surface area (Å²) < 4.78 is 16.3. The number of ether oxygens (including phenoxy) is 1. The second-order valence-corrected chi connectivity index (χ2v) is 6.42. The maximum atomic E-state index is 11.9. The number of rotatable bonds is 5. The van der Waals surface area contributed by atoms with Crippen LogP contribution in [-0.4, -0.2) is 46.9 Å². The first kappa shape index (κ1) is 14.6. The van der Waals surface area contributed by atoms with Gasteiger partial charge in [-0.1, -0.05) is 6.92 Å². The summed E-state index contributed by atoms with van der Waals surface area (Å²) in [5.41, 5.74) is 5.24. The Kier molecular flexibility index (Phi) is 5.55. The molecule has 0 aliphatic carbocycles. The molecular weight excluding hydrogens is 240 g/mol. The zero-order valence-electron chi connectivity index (χ0n) is 10.5. The lowest BCUT2D eigenvalue weighted by molar-refractivity contribution is -0.129. The molecule has 0 bridgehead atoms. The topological polar surface area (TPSA) is 81.4 Å².